The van der Waals surface area contributed by atoms with E-state index >= 15 is 0 Å². The van der Waals surface area contributed by atoms with Crippen LogP contribution in [0.2, 0.25) is 0 Å². The molecular weight excluding hydrogens is 360 g/mol. The topological polar surface area (TPSA) is 53.3 Å². The molecule has 0 bridgehead atoms. The molecule has 0 amide bonds. The monoisotopic (exact) mass is 384 g/mol. The lowest BCUT2D eigenvalue weighted by Crippen LogP contribution is -2.42. The third kappa shape index (κ3) is 5.78. The molecule has 4 heteroatoms. The molecule has 0 saturated carbocycles. The molecule has 0 radical (unpaired) electrons. The van der Waals surface area contributed by atoms with E-state index in [1.165, 1.54) is 7.11 Å². The standard InChI is InChI=1S/C25H24N2O2/c1-29-25(28)24(16-20-12-14-21(17-26)15-13-20)27(18-22-8-4-2-5-9-22)19-23-10-6-3-7-11-23/h2-15,24H,16,18-19H2,1H3. The van der Waals surface area contributed by atoms with E-state index in [1.807, 2.05) is 48.5 Å². The van der Waals surface area contributed by atoms with Crippen molar-refractivity contribution in [2.45, 2.75) is 25.6 Å². The fraction of sp³-hybridized carbons (Fsp3) is 0.200. The number of carbonyl (C=O) groups excluding carboxylic acids is 1. The molecule has 146 valence electrons. The highest BCUT2D eigenvalue weighted by Gasteiger charge is 2.27. The Morgan fingerprint density at radius 2 is 1.38 bits per heavy atom. The highest BCUT2D eigenvalue weighted by Crippen LogP contribution is 2.18. The number of hydrogen-bond donors (Lipinski definition) is 0. The highest BCUT2D eigenvalue weighted by atomic mass is 16.5. The predicted octanol–water partition coefficient (Wildman–Crippen LogP) is 4.34. The first kappa shape index (κ1) is 20.3. The van der Waals surface area contributed by atoms with Crippen molar-refractivity contribution in [3.8, 4) is 6.07 Å². The molecule has 1 unspecified atom stereocenters. The van der Waals surface area contributed by atoms with E-state index in [1.54, 1.807) is 12.1 Å². The van der Waals surface area contributed by atoms with Gasteiger partial charge in [-0.1, -0.05) is 72.8 Å². The van der Waals surface area contributed by atoms with Crippen LogP contribution in [0.3, 0.4) is 0 Å². The van der Waals surface area contributed by atoms with Crippen molar-refractivity contribution in [2.75, 3.05) is 7.11 Å². The maximum Gasteiger partial charge on any atom is 0.323 e. The van der Waals surface area contributed by atoms with E-state index in [0.717, 1.165) is 16.7 Å². The van der Waals surface area contributed by atoms with E-state index < -0.39 is 6.04 Å². The number of ether oxygens (including phenoxy) is 1. The summed E-state index contributed by atoms with van der Waals surface area (Å²) in [5.41, 5.74) is 3.87. The van der Waals surface area contributed by atoms with Crippen LogP contribution in [0.4, 0.5) is 0 Å². The zero-order valence-electron chi connectivity index (χ0n) is 16.5. The van der Waals surface area contributed by atoms with Crippen LogP contribution < -0.4 is 0 Å². The van der Waals surface area contributed by atoms with Gasteiger partial charge in [-0.05, 0) is 35.2 Å². The average Bonchev–Trinajstić information content (AvgIpc) is 2.78. The quantitative estimate of drug-likeness (QED) is 0.542. The molecule has 1 atom stereocenters. The van der Waals surface area contributed by atoms with Gasteiger partial charge in [0.15, 0.2) is 0 Å². The molecule has 3 aromatic rings. The predicted molar refractivity (Wildman–Crippen MR) is 113 cm³/mol. The third-order valence-corrected chi connectivity index (χ3v) is 4.88. The van der Waals surface area contributed by atoms with Crippen molar-refractivity contribution in [3.05, 3.63) is 107 Å². The van der Waals surface area contributed by atoms with Crippen LogP contribution in [-0.2, 0) is 29.0 Å². The number of nitrogens with zero attached hydrogens (tertiary/aromatic N) is 2. The van der Waals surface area contributed by atoms with Crippen LogP contribution in [0.5, 0.6) is 0 Å². The summed E-state index contributed by atoms with van der Waals surface area (Å²) >= 11 is 0. The van der Waals surface area contributed by atoms with Gasteiger partial charge in [-0.3, -0.25) is 9.69 Å². The van der Waals surface area contributed by atoms with Crippen molar-refractivity contribution < 1.29 is 9.53 Å². The summed E-state index contributed by atoms with van der Waals surface area (Å²) in [6, 6.07) is 29.3. The van der Waals surface area contributed by atoms with Gasteiger partial charge in [0, 0.05) is 13.1 Å². The summed E-state index contributed by atoms with van der Waals surface area (Å²) in [4.78, 5) is 14.9. The molecule has 3 rings (SSSR count). The van der Waals surface area contributed by atoms with Crippen LogP contribution in [0.25, 0.3) is 0 Å². The SMILES string of the molecule is COC(=O)C(Cc1ccc(C#N)cc1)N(Cc1ccccc1)Cc1ccccc1. The lowest BCUT2D eigenvalue weighted by molar-refractivity contribution is -0.147. The maximum atomic E-state index is 12.7. The smallest absolute Gasteiger partial charge is 0.323 e. The van der Waals surface area contributed by atoms with E-state index in [9.17, 15) is 4.79 Å². The highest BCUT2D eigenvalue weighted by molar-refractivity contribution is 5.76. The van der Waals surface area contributed by atoms with Crippen molar-refractivity contribution in [2.24, 2.45) is 0 Å². The number of benzene rings is 3. The molecule has 4 nitrogen and oxygen atoms in total. The van der Waals surface area contributed by atoms with Crippen LogP contribution in [-0.4, -0.2) is 24.0 Å². The van der Waals surface area contributed by atoms with Gasteiger partial charge < -0.3 is 4.74 Å². The Hall–Kier alpha value is -3.42. The molecule has 0 heterocycles. The molecule has 3 aromatic carbocycles. The number of hydrogen-bond acceptors (Lipinski definition) is 4. The minimum Gasteiger partial charge on any atom is -0.468 e. The van der Waals surface area contributed by atoms with Crippen LogP contribution >= 0.6 is 0 Å². The number of carbonyl (C=O) groups is 1. The molecule has 0 aliphatic heterocycles. The molecular formula is C25H24N2O2. The Kier molecular flexibility index (Phi) is 7.16. The molecule has 0 aliphatic carbocycles. The fourth-order valence-corrected chi connectivity index (χ4v) is 3.35. The second-order valence-electron chi connectivity index (χ2n) is 6.93. The first-order chi connectivity index (χ1) is 14.2. The number of nitriles is 1. The van der Waals surface area contributed by atoms with Gasteiger partial charge in [0.1, 0.15) is 6.04 Å². The van der Waals surface area contributed by atoms with Gasteiger partial charge in [-0.15, -0.1) is 0 Å². The van der Waals surface area contributed by atoms with E-state index in [4.69, 9.17) is 10.00 Å². The summed E-state index contributed by atoms with van der Waals surface area (Å²) in [5.74, 6) is -0.263. The van der Waals surface area contributed by atoms with Crippen LogP contribution in [0.1, 0.15) is 22.3 Å². The number of esters is 1. The fourth-order valence-electron chi connectivity index (χ4n) is 3.35. The van der Waals surface area contributed by atoms with Crippen LogP contribution in [0, 0.1) is 11.3 Å². The first-order valence-corrected chi connectivity index (χ1v) is 9.58. The molecule has 0 N–H and O–H groups in total. The largest absolute Gasteiger partial charge is 0.468 e. The lowest BCUT2D eigenvalue weighted by atomic mass is 10.0. The summed E-state index contributed by atoms with van der Waals surface area (Å²) in [6.45, 7) is 1.26. The van der Waals surface area contributed by atoms with Crippen molar-refractivity contribution in [3.63, 3.8) is 0 Å². The molecule has 0 saturated heterocycles. The first-order valence-electron chi connectivity index (χ1n) is 9.58. The number of rotatable bonds is 8. The summed E-state index contributed by atoms with van der Waals surface area (Å²) < 4.78 is 5.15. The Balaban J connectivity index is 1.89. The van der Waals surface area contributed by atoms with Gasteiger partial charge in [0.05, 0.1) is 18.7 Å². The molecule has 0 spiro atoms. The molecule has 0 aliphatic rings. The Morgan fingerprint density at radius 3 is 1.83 bits per heavy atom. The molecule has 29 heavy (non-hydrogen) atoms. The van der Waals surface area contributed by atoms with Gasteiger partial charge in [-0.25, -0.2) is 0 Å². The zero-order chi connectivity index (χ0) is 20.5. The van der Waals surface area contributed by atoms with E-state index in [0.29, 0.717) is 25.1 Å². The second-order valence-corrected chi connectivity index (χ2v) is 6.93. The average molecular weight is 384 g/mol. The minimum atomic E-state index is -0.437. The minimum absolute atomic E-state index is 0.263. The van der Waals surface area contributed by atoms with Crippen molar-refractivity contribution in [1.82, 2.24) is 4.90 Å². The van der Waals surface area contributed by atoms with Crippen molar-refractivity contribution in [1.29, 1.82) is 5.26 Å². The Morgan fingerprint density at radius 1 is 0.862 bits per heavy atom. The Bertz CT molecular complexity index is 906. The van der Waals surface area contributed by atoms with Gasteiger partial charge in [-0.2, -0.15) is 5.26 Å². The second kappa shape index (κ2) is 10.2. The van der Waals surface area contributed by atoms with E-state index in [2.05, 4.69) is 35.2 Å². The molecule has 0 aromatic heterocycles. The summed E-state index contributed by atoms with van der Waals surface area (Å²) in [7, 11) is 1.43. The van der Waals surface area contributed by atoms with Gasteiger partial charge in [0.25, 0.3) is 0 Å². The number of methoxy groups -OCH3 is 1. The van der Waals surface area contributed by atoms with Gasteiger partial charge >= 0.3 is 5.97 Å². The Labute approximate surface area is 172 Å². The lowest BCUT2D eigenvalue weighted by Gasteiger charge is -2.30. The van der Waals surface area contributed by atoms with Gasteiger partial charge in [0.2, 0.25) is 0 Å². The van der Waals surface area contributed by atoms with E-state index in [-0.39, 0.29) is 5.97 Å². The summed E-state index contributed by atoms with van der Waals surface area (Å²) in [5, 5.41) is 9.02. The normalized spacial score (nSPS) is 11.6. The molecule has 0 fully saturated rings. The summed E-state index contributed by atoms with van der Waals surface area (Å²) in [6.07, 6.45) is 0.512. The van der Waals surface area contributed by atoms with Crippen LogP contribution in [0.15, 0.2) is 84.9 Å². The third-order valence-electron chi connectivity index (χ3n) is 4.88. The maximum absolute atomic E-state index is 12.7. The zero-order valence-corrected chi connectivity index (χ0v) is 16.5. The van der Waals surface area contributed by atoms with Crippen molar-refractivity contribution >= 4 is 5.97 Å².